The Kier molecular flexibility index (Phi) is 4.35. The fourth-order valence-electron chi connectivity index (χ4n) is 3.23. The molecule has 1 aliphatic heterocycles. The zero-order valence-electron chi connectivity index (χ0n) is 13.0. The second kappa shape index (κ2) is 5.88. The van der Waals surface area contributed by atoms with E-state index >= 15 is 0 Å². The van der Waals surface area contributed by atoms with Gasteiger partial charge in [-0.05, 0) is 44.2 Å². The van der Waals surface area contributed by atoms with Crippen molar-refractivity contribution in [1.29, 1.82) is 0 Å². The fourth-order valence-corrected chi connectivity index (χ4v) is 3.23. The smallest absolute Gasteiger partial charge is 0.329 e. The SMILES string of the molecule is CCC1(C(=O)O)CCCN1C(=O)Cc1cc(C)ccc1C. The standard InChI is InChI=1S/C17H23NO3/c1-4-17(16(20)21)8-5-9-18(17)15(19)11-14-10-12(2)6-7-13(14)3/h6-7,10H,4-5,8-9,11H2,1-3H3,(H,20,21). The third-order valence-electron chi connectivity index (χ3n) is 4.62. The summed E-state index contributed by atoms with van der Waals surface area (Å²) in [4.78, 5) is 25.8. The van der Waals surface area contributed by atoms with Gasteiger partial charge in [0.05, 0.1) is 6.42 Å². The summed E-state index contributed by atoms with van der Waals surface area (Å²) in [5.41, 5.74) is 2.17. The van der Waals surface area contributed by atoms with E-state index in [2.05, 4.69) is 0 Å². The Morgan fingerprint density at radius 3 is 2.67 bits per heavy atom. The van der Waals surface area contributed by atoms with Gasteiger partial charge in [-0.2, -0.15) is 0 Å². The Morgan fingerprint density at radius 2 is 2.05 bits per heavy atom. The van der Waals surface area contributed by atoms with Crippen LogP contribution in [0.4, 0.5) is 0 Å². The summed E-state index contributed by atoms with van der Waals surface area (Å²) in [6.07, 6.45) is 2.06. The molecule has 0 radical (unpaired) electrons. The molecule has 4 nitrogen and oxygen atoms in total. The third kappa shape index (κ3) is 2.80. The van der Waals surface area contributed by atoms with E-state index in [1.807, 2.05) is 39.0 Å². The molecule has 1 amide bonds. The van der Waals surface area contributed by atoms with E-state index in [0.29, 0.717) is 19.4 Å². The van der Waals surface area contributed by atoms with Crippen LogP contribution in [-0.4, -0.2) is 34.0 Å². The number of rotatable bonds is 4. The van der Waals surface area contributed by atoms with E-state index in [-0.39, 0.29) is 12.3 Å². The van der Waals surface area contributed by atoms with Gasteiger partial charge in [0, 0.05) is 6.54 Å². The lowest BCUT2D eigenvalue weighted by atomic mass is 9.92. The van der Waals surface area contributed by atoms with E-state index in [1.165, 1.54) is 0 Å². The first-order chi connectivity index (χ1) is 9.90. The van der Waals surface area contributed by atoms with Gasteiger partial charge in [0.15, 0.2) is 0 Å². The maximum Gasteiger partial charge on any atom is 0.329 e. The number of carbonyl (C=O) groups is 2. The van der Waals surface area contributed by atoms with E-state index in [9.17, 15) is 14.7 Å². The summed E-state index contributed by atoms with van der Waals surface area (Å²) in [6, 6.07) is 6.04. The summed E-state index contributed by atoms with van der Waals surface area (Å²) >= 11 is 0. The van der Waals surface area contributed by atoms with Gasteiger partial charge in [-0.25, -0.2) is 4.79 Å². The largest absolute Gasteiger partial charge is 0.479 e. The number of nitrogens with zero attached hydrogens (tertiary/aromatic N) is 1. The second-order valence-electron chi connectivity index (χ2n) is 5.95. The van der Waals surface area contributed by atoms with Gasteiger partial charge < -0.3 is 10.0 Å². The monoisotopic (exact) mass is 289 g/mol. The van der Waals surface area contributed by atoms with Crippen molar-refractivity contribution >= 4 is 11.9 Å². The summed E-state index contributed by atoms with van der Waals surface area (Å²) in [5, 5.41) is 9.55. The maximum atomic E-state index is 12.6. The van der Waals surface area contributed by atoms with Crippen molar-refractivity contribution in [3.8, 4) is 0 Å². The zero-order chi connectivity index (χ0) is 15.6. The minimum Gasteiger partial charge on any atom is -0.479 e. The number of hydrogen-bond acceptors (Lipinski definition) is 2. The molecule has 1 atom stereocenters. The Labute approximate surface area is 125 Å². The number of carboxylic acid groups (broad SMARTS) is 1. The first-order valence-electron chi connectivity index (χ1n) is 7.50. The van der Waals surface area contributed by atoms with Gasteiger partial charge in [-0.1, -0.05) is 30.7 Å². The van der Waals surface area contributed by atoms with Crippen LogP contribution in [0.1, 0.15) is 42.9 Å². The summed E-state index contributed by atoms with van der Waals surface area (Å²) < 4.78 is 0. The molecule has 1 aliphatic rings. The van der Waals surface area contributed by atoms with Gasteiger partial charge in [0.25, 0.3) is 0 Å². The molecule has 1 heterocycles. The lowest BCUT2D eigenvalue weighted by Gasteiger charge is -2.34. The molecule has 1 fully saturated rings. The molecule has 1 unspecified atom stereocenters. The van der Waals surface area contributed by atoms with Gasteiger partial charge in [-0.15, -0.1) is 0 Å². The van der Waals surface area contributed by atoms with Crippen molar-refractivity contribution in [1.82, 2.24) is 4.90 Å². The molecule has 1 aromatic carbocycles. The van der Waals surface area contributed by atoms with E-state index in [1.54, 1.807) is 4.90 Å². The Hall–Kier alpha value is -1.84. The molecule has 0 saturated carbocycles. The molecule has 0 aromatic heterocycles. The van der Waals surface area contributed by atoms with Crippen molar-refractivity contribution in [2.24, 2.45) is 0 Å². The van der Waals surface area contributed by atoms with Gasteiger partial charge >= 0.3 is 5.97 Å². The first-order valence-corrected chi connectivity index (χ1v) is 7.50. The van der Waals surface area contributed by atoms with Crippen molar-refractivity contribution in [2.75, 3.05) is 6.54 Å². The average Bonchev–Trinajstić information content (AvgIpc) is 2.88. The van der Waals surface area contributed by atoms with Crippen LogP contribution in [0.25, 0.3) is 0 Å². The highest BCUT2D eigenvalue weighted by Crippen LogP contribution is 2.33. The molecule has 21 heavy (non-hydrogen) atoms. The minimum atomic E-state index is -1.01. The minimum absolute atomic E-state index is 0.0783. The van der Waals surface area contributed by atoms with Crippen LogP contribution < -0.4 is 0 Å². The molecule has 1 aromatic rings. The molecule has 2 rings (SSSR count). The van der Waals surface area contributed by atoms with Crippen LogP contribution in [0.2, 0.25) is 0 Å². The average molecular weight is 289 g/mol. The van der Waals surface area contributed by atoms with E-state index < -0.39 is 11.5 Å². The number of carbonyl (C=O) groups excluding carboxylic acids is 1. The highest BCUT2D eigenvalue weighted by molar-refractivity contribution is 5.88. The molecule has 0 bridgehead atoms. The summed E-state index contributed by atoms with van der Waals surface area (Å²) in [7, 11) is 0. The number of hydrogen-bond donors (Lipinski definition) is 1. The van der Waals surface area contributed by atoms with Crippen molar-refractivity contribution in [2.45, 2.75) is 52.0 Å². The predicted molar refractivity (Wildman–Crippen MR) is 81.2 cm³/mol. The molecular weight excluding hydrogens is 266 g/mol. The number of amides is 1. The number of carboxylic acids is 1. The quantitative estimate of drug-likeness (QED) is 0.927. The predicted octanol–water partition coefficient (Wildman–Crippen LogP) is 2.70. The molecule has 1 saturated heterocycles. The lowest BCUT2D eigenvalue weighted by Crippen LogP contribution is -2.53. The van der Waals surface area contributed by atoms with Gasteiger partial charge in [-0.3, -0.25) is 4.79 Å². The fraction of sp³-hybridized carbons (Fsp3) is 0.529. The van der Waals surface area contributed by atoms with E-state index in [4.69, 9.17) is 0 Å². The number of aryl methyl sites for hydroxylation is 2. The van der Waals surface area contributed by atoms with Crippen LogP contribution in [-0.2, 0) is 16.0 Å². The molecular formula is C17H23NO3. The molecule has 114 valence electrons. The lowest BCUT2D eigenvalue weighted by molar-refractivity contribution is -0.156. The van der Waals surface area contributed by atoms with Crippen LogP contribution >= 0.6 is 0 Å². The molecule has 4 heteroatoms. The Morgan fingerprint density at radius 1 is 1.33 bits per heavy atom. The highest BCUT2D eigenvalue weighted by atomic mass is 16.4. The maximum absolute atomic E-state index is 12.6. The van der Waals surface area contributed by atoms with Gasteiger partial charge in [0.1, 0.15) is 5.54 Å². The Balaban J connectivity index is 2.23. The summed E-state index contributed by atoms with van der Waals surface area (Å²) in [5.74, 6) is -0.956. The normalized spacial score (nSPS) is 21.6. The Bertz CT molecular complexity index is 567. The van der Waals surface area contributed by atoms with E-state index in [0.717, 1.165) is 23.1 Å². The van der Waals surface area contributed by atoms with Gasteiger partial charge in [0.2, 0.25) is 5.91 Å². The van der Waals surface area contributed by atoms with Crippen molar-refractivity contribution < 1.29 is 14.7 Å². The third-order valence-corrected chi connectivity index (χ3v) is 4.62. The van der Waals surface area contributed by atoms with Crippen LogP contribution in [0, 0.1) is 13.8 Å². The zero-order valence-corrected chi connectivity index (χ0v) is 13.0. The summed E-state index contributed by atoms with van der Waals surface area (Å²) in [6.45, 7) is 6.37. The van der Waals surface area contributed by atoms with Crippen LogP contribution in [0.15, 0.2) is 18.2 Å². The van der Waals surface area contributed by atoms with Crippen molar-refractivity contribution in [3.63, 3.8) is 0 Å². The second-order valence-corrected chi connectivity index (χ2v) is 5.95. The van der Waals surface area contributed by atoms with Crippen molar-refractivity contribution in [3.05, 3.63) is 34.9 Å². The molecule has 0 aliphatic carbocycles. The molecule has 1 N–H and O–H groups in total. The topological polar surface area (TPSA) is 57.6 Å². The number of likely N-dealkylation sites (tertiary alicyclic amines) is 1. The van der Waals surface area contributed by atoms with Crippen LogP contribution in [0.5, 0.6) is 0 Å². The number of benzene rings is 1. The van der Waals surface area contributed by atoms with Crippen LogP contribution in [0.3, 0.4) is 0 Å². The number of aliphatic carboxylic acids is 1. The highest BCUT2D eigenvalue weighted by Gasteiger charge is 2.48. The molecule has 0 spiro atoms. The first kappa shape index (κ1) is 15.5.